The van der Waals surface area contributed by atoms with E-state index in [2.05, 4.69) is 240 Å². The van der Waals surface area contributed by atoms with Crippen molar-refractivity contribution in [1.29, 1.82) is 0 Å². The second kappa shape index (κ2) is 13.0. The normalized spacial score (nSPS) is 13.2. The summed E-state index contributed by atoms with van der Waals surface area (Å²) in [4.78, 5) is 0. The van der Waals surface area contributed by atoms with Crippen LogP contribution in [-0.2, 0) is 0 Å². The second-order valence-electron chi connectivity index (χ2n) is 17.2. The first kappa shape index (κ1) is 34.7. The van der Waals surface area contributed by atoms with Crippen molar-refractivity contribution >= 4 is 72.4 Å². The van der Waals surface area contributed by atoms with Gasteiger partial charge in [0.15, 0.2) is 8.07 Å². The van der Waals surface area contributed by atoms with Crippen molar-refractivity contribution in [3.8, 4) is 55.9 Å². The van der Waals surface area contributed by atoms with Crippen LogP contribution < -0.4 is 20.7 Å². The summed E-state index contributed by atoms with van der Waals surface area (Å²) in [6.07, 6.45) is 0. The number of nitrogens with zero attached hydrogens (tertiary/aromatic N) is 2. The minimum absolute atomic E-state index is 1.18. The van der Waals surface area contributed by atoms with Gasteiger partial charge in [0, 0.05) is 32.9 Å². The van der Waals surface area contributed by atoms with Gasteiger partial charge in [-0.3, -0.25) is 0 Å². The molecule has 0 saturated heterocycles. The summed E-state index contributed by atoms with van der Waals surface area (Å²) in [5.41, 5.74) is 17.7. The predicted octanol–water partition coefficient (Wildman–Crippen LogP) is 12.6. The molecule has 0 bridgehead atoms. The third-order valence-corrected chi connectivity index (χ3v) is 19.1. The number of benzene rings is 10. The smallest absolute Gasteiger partial charge is 0.182 e. The summed E-state index contributed by atoms with van der Waals surface area (Å²) in [5, 5.41) is 11.0. The molecule has 10 aromatic carbocycles. The van der Waals surface area contributed by atoms with Crippen LogP contribution in [0.1, 0.15) is 0 Å². The second-order valence-corrected chi connectivity index (χ2v) is 20.9. The Morgan fingerprint density at radius 2 is 0.587 bits per heavy atom. The average molecular weight is 815 g/mol. The zero-order valence-electron chi connectivity index (χ0n) is 34.3. The Hall–Kier alpha value is -7.98. The summed E-state index contributed by atoms with van der Waals surface area (Å²) < 4.78 is 4.80. The van der Waals surface area contributed by atoms with Crippen molar-refractivity contribution < 1.29 is 0 Å². The van der Waals surface area contributed by atoms with Crippen molar-refractivity contribution in [3.05, 3.63) is 231 Å². The summed E-state index contributed by atoms with van der Waals surface area (Å²) in [7, 11) is -2.76. The highest BCUT2D eigenvalue weighted by Gasteiger charge is 2.54. The van der Waals surface area contributed by atoms with Gasteiger partial charge in [-0.05, 0) is 126 Å². The summed E-state index contributed by atoms with van der Waals surface area (Å²) in [6.45, 7) is 0. The predicted molar refractivity (Wildman–Crippen MR) is 268 cm³/mol. The molecular formula is C60H38N2Si. The molecule has 2 aliphatic rings. The Morgan fingerprint density at radius 3 is 1.06 bits per heavy atom. The van der Waals surface area contributed by atoms with E-state index in [4.69, 9.17) is 0 Å². The number of rotatable bonds is 4. The average Bonchev–Trinajstić information content (AvgIpc) is 4.06. The molecule has 0 amide bonds. The lowest BCUT2D eigenvalue weighted by atomic mass is 9.99. The van der Waals surface area contributed by atoms with E-state index >= 15 is 0 Å². The Balaban J connectivity index is 0.979. The maximum Gasteiger partial charge on any atom is 0.182 e. The molecule has 3 heteroatoms. The first-order valence-corrected chi connectivity index (χ1v) is 23.9. The lowest BCUT2D eigenvalue weighted by molar-refractivity contribution is 1.18. The molecule has 2 aliphatic heterocycles. The van der Waals surface area contributed by atoms with Crippen LogP contribution in [0.3, 0.4) is 0 Å². The first-order valence-electron chi connectivity index (χ1n) is 21.9. The summed E-state index contributed by atoms with van der Waals surface area (Å²) in [6, 6.07) is 86.6. The Morgan fingerprint density at radius 1 is 0.238 bits per heavy atom. The van der Waals surface area contributed by atoms with Gasteiger partial charge in [0.2, 0.25) is 0 Å². The van der Waals surface area contributed by atoms with E-state index in [1.165, 1.54) is 120 Å². The van der Waals surface area contributed by atoms with E-state index in [-0.39, 0.29) is 0 Å². The van der Waals surface area contributed by atoms with Gasteiger partial charge in [0.05, 0.1) is 22.1 Å². The van der Waals surface area contributed by atoms with Crippen molar-refractivity contribution in [2.24, 2.45) is 0 Å². The summed E-state index contributed by atoms with van der Waals surface area (Å²) in [5.74, 6) is 0. The Labute approximate surface area is 366 Å². The number of fused-ring (bicyclic) bond motifs is 16. The molecule has 0 N–H and O–H groups in total. The standard InChI is InChI=1S/C60H38N2Si/c1-3-15-43(16-4-1)61-53-23-11-7-19-45(53)51-35-39(29-33-55(51)61)41-27-31-49-47-21-9-13-25-57(47)63(59(49)37-41)58-26-14-10-22-48(58)50-32-28-42(38-60(50)63)40-30-34-56-52(36-40)46-20-8-12-24-54(46)62(56)44-17-5-2-6-18-44/h1-38H. The molecule has 14 rings (SSSR count). The fourth-order valence-electron chi connectivity index (χ4n) is 11.5. The van der Waals surface area contributed by atoms with E-state index in [0.717, 1.165) is 0 Å². The maximum absolute atomic E-state index is 2.76. The highest BCUT2D eigenvalue weighted by molar-refractivity contribution is 7.24. The quantitative estimate of drug-likeness (QED) is 0.157. The number of para-hydroxylation sites is 4. The van der Waals surface area contributed by atoms with Crippen molar-refractivity contribution in [1.82, 2.24) is 9.13 Å². The number of aromatic nitrogens is 2. The van der Waals surface area contributed by atoms with Gasteiger partial charge in [0.25, 0.3) is 0 Å². The third kappa shape index (κ3) is 4.72. The van der Waals surface area contributed by atoms with Crippen LogP contribution in [0, 0.1) is 0 Å². The van der Waals surface area contributed by atoms with Crippen LogP contribution in [0.25, 0.3) is 99.5 Å². The van der Waals surface area contributed by atoms with Gasteiger partial charge in [-0.1, -0.05) is 170 Å². The van der Waals surface area contributed by atoms with Crippen molar-refractivity contribution in [2.45, 2.75) is 0 Å². The van der Waals surface area contributed by atoms with E-state index in [0.29, 0.717) is 0 Å². The van der Waals surface area contributed by atoms with E-state index in [9.17, 15) is 0 Å². The number of hydrogen-bond acceptors (Lipinski definition) is 0. The molecule has 2 nitrogen and oxygen atoms in total. The van der Waals surface area contributed by atoms with Gasteiger partial charge >= 0.3 is 0 Å². The fraction of sp³-hybridized carbons (Fsp3) is 0. The maximum atomic E-state index is 2.57. The fourth-order valence-corrected chi connectivity index (χ4v) is 17.2. The molecule has 0 fully saturated rings. The first-order chi connectivity index (χ1) is 31.3. The number of hydrogen-bond donors (Lipinski definition) is 0. The van der Waals surface area contributed by atoms with Gasteiger partial charge < -0.3 is 9.13 Å². The van der Waals surface area contributed by atoms with Crippen LogP contribution >= 0.6 is 0 Å². The largest absolute Gasteiger partial charge is 0.309 e. The van der Waals surface area contributed by atoms with Crippen LogP contribution in [0.4, 0.5) is 0 Å². The zero-order valence-corrected chi connectivity index (χ0v) is 35.3. The molecule has 63 heavy (non-hydrogen) atoms. The Bertz CT molecular complexity index is 3600. The van der Waals surface area contributed by atoms with Crippen molar-refractivity contribution in [2.75, 3.05) is 0 Å². The molecule has 4 heterocycles. The molecule has 1 spiro atoms. The SMILES string of the molecule is c1ccc(-n2c3ccccc3c3cc(-c4ccc5c(c4)[Si]4(c6ccccc6-5)c5ccccc5-c5ccc(-c6ccc7c(c6)c6ccccc6n7-c6ccccc6)cc54)ccc32)cc1. The van der Waals surface area contributed by atoms with Crippen LogP contribution in [0.5, 0.6) is 0 Å². The minimum Gasteiger partial charge on any atom is -0.309 e. The molecule has 0 saturated carbocycles. The molecule has 2 aromatic heterocycles. The third-order valence-electron chi connectivity index (χ3n) is 14.1. The van der Waals surface area contributed by atoms with E-state index < -0.39 is 8.07 Å². The molecule has 0 unspecified atom stereocenters. The lowest BCUT2D eigenvalue weighted by Gasteiger charge is -2.28. The minimum atomic E-state index is -2.76. The summed E-state index contributed by atoms with van der Waals surface area (Å²) >= 11 is 0. The van der Waals surface area contributed by atoms with Gasteiger partial charge in [-0.2, -0.15) is 0 Å². The molecule has 292 valence electrons. The van der Waals surface area contributed by atoms with Crippen molar-refractivity contribution in [3.63, 3.8) is 0 Å². The van der Waals surface area contributed by atoms with Crippen LogP contribution in [-0.4, -0.2) is 17.2 Å². The van der Waals surface area contributed by atoms with Crippen LogP contribution in [0.15, 0.2) is 231 Å². The highest BCUT2D eigenvalue weighted by atomic mass is 28.3. The lowest BCUT2D eigenvalue weighted by Crippen LogP contribution is -2.70. The molecular weight excluding hydrogens is 777 g/mol. The van der Waals surface area contributed by atoms with Gasteiger partial charge in [-0.15, -0.1) is 0 Å². The van der Waals surface area contributed by atoms with Gasteiger partial charge in [-0.25, -0.2) is 0 Å². The topological polar surface area (TPSA) is 9.86 Å². The van der Waals surface area contributed by atoms with E-state index in [1.54, 1.807) is 0 Å². The molecule has 0 radical (unpaired) electrons. The van der Waals surface area contributed by atoms with Crippen LogP contribution in [0.2, 0.25) is 0 Å². The Kier molecular flexibility index (Phi) is 7.17. The van der Waals surface area contributed by atoms with E-state index in [1.807, 2.05) is 0 Å². The molecule has 0 aliphatic carbocycles. The monoisotopic (exact) mass is 814 g/mol. The van der Waals surface area contributed by atoms with Gasteiger partial charge in [0.1, 0.15) is 0 Å². The molecule has 0 atom stereocenters. The zero-order chi connectivity index (χ0) is 41.2. The molecule has 12 aromatic rings. The highest BCUT2D eigenvalue weighted by Crippen LogP contribution is 2.41.